The molecule has 0 heterocycles. The highest BCUT2D eigenvalue weighted by Crippen LogP contribution is 2.11. The zero-order valence-corrected chi connectivity index (χ0v) is 11.6. The number of carbonyl (C=O) groups is 1. The predicted octanol–water partition coefficient (Wildman–Crippen LogP) is 3.36. The number of benzene rings is 1. The Labute approximate surface area is 114 Å². The van der Waals surface area contributed by atoms with E-state index >= 15 is 0 Å². The van der Waals surface area contributed by atoms with Crippen LogP contribution in [0.4, 0.5) is 0 Å². The van der Waals surface area contributed by atoms with Crippen molar-refractivity contribution >= 4 is 12.0 Å². The van der Waals surface area contributed by atoms with E-state index in [0.717, 1.165) is 12.0 Å². The molecule has 1 aromatic carbocycles. The molecule has 0 radical (unpaired) electrons. The molecular weight excluding hydrogens is 238 g/mol. The second-order valence-electron chi connectivity index (χ2n) is 4.76. The van der Waals surface area contributed by atoms with E-state index in [0.29, 0.717) is 6.61 Å². The van der Waals surface area contributed by atoms with Gasteiger partial charge >= 0.3 is 5.97 Å². The normalized spacial score (nSPS) is 11.2. The van der Waals surface area contributed by atoms with Crippen LogP contribution in [0.25, 0.3) is 6.08 Å². The van der Waals surface area contributed by atoms with Crippen LogP contribution in [0, 0.1) is 17.2 Å². The van der Waals surface area contributed by atoms with Crippen LogP contribution < -0.4 is 0 Å². The topological polar surface area (TPSA) is 50.1 Å². The van der Waals surface area contributed by atoms with Gasteiger partial charge in [0.25, 0.3) is 0 Å². The lowest BCUT2D eigenvalue weighted by atomic mass is 10.1. The third-order valence-electron chi connectivity index (χ3n) is 2.59. The molecule has 0 unspecified atom stereocenters. The minimum Gasteiger partial charge on any atom is -0.461 e. The number of nitriles is 1. The molecule has 0 aromatic heterocycles. The molecule has 0 N–H and O–H groups in total. The summed E-state index contributed by atoms with van der Waals surface area (Å²) in [5.41, 5.74) is 2.08. The van der Waals surface area contributed by atoms with Gasteiger partial charge in [-0.3, -0.25) is 0 Å². The molecule has 0 spiro atoms. The number of nitrogens with zero attached hydrogens (tertiary/aromatic N) is 1. The molecule has 0 amide bonds. The summed E-state index contributed by atoms with van der Waals surface area (Å²) >= 11 is 0. The zero-order valence-electron chi connectivity index (χ0n) is 11.6. The fourth-order valence-corrected chi connectivity index (χ4v) is 1.47. The lowest BCUT2D eigenvalue weighted by Crippen LogP contribution is -2.11. The van der Waals surface area contributed by atoms with Crippen LogP contribution >= 0.6 is 0 Å². The molecule has 0 aliphatic heterocycles. The lowest BCUT2D eigenvalue weighted by Gasteiger charge is -2.06. The fraction of sp³-hybridized carbons (Fsp3) is 0.375. The van der Waals surface area contributed by atoms with Crippen LogP contribution in [-0.4, -0.2) is 12.6 Å². The van der Waals surface area contributed by atoms with E-state index < -0.39 is 5.97 Å². The number of hydrogen-bond acceptors (Lipinski definition) is 3. The van der Waals surface area contributed by atoms with E-state index in [2.05, 4.69) is 6.92 Å². The summed E-state index contributed by atoms with van der Waals surface area (Å²) in [7, 11) is 0. The van der Waals surface area contributed by atoms with Gasteiger partial charge in [-0.2, -0.15) is 5.26 Å². The molecule has 0 aliphatic carbocycles. The highest BCUT2D eigenvalue weighted by atomic mass is 16.5. The van der Waals surface area contributed by atoms with Crippen molar-refractivity contribution in [3.05, 3.63) is 41.0 Å². The van der Waals surface area contributed by atoms with Crippen molar-refractivity contribution in [1.29, 1.82) is 5.26 Å². The summed E-state index contributed by atoms with van der Waals surface area (Å²) in [4.78, 5) is 11.7. The Kier molecular flexibility index (Phi) is 5.81. The van der Waals surface area contributed by atoms with Crippen molar-refractivity contribution in [2.24, 2.45) is 5.92 Å². The van der Waals surface area contributed by atoms with Crippen molar-refractivity contribution in [3.63, 3.8) is 0 Å². The smallest absolute Gasteiger partial charge is 0.348 e. The van der Waals surface area contributed by atoms with E-state index in [1.807, 2.05) is 44.2 Å². The molecule has 0 fully saturated rings. The summed E-state index contributed by atoms with van der Waals surface area (Å²) in [6.45, 7) is 6.31. The average molecular weight is 257 g/mol. The third-order valence-corrected chi connectivity index (χ3v) is 2.59. The van der Waals surface area contributed by atoms with Crippen LogP contribution in [0.3, 0.4) is 0 Å². The molecule has 0 saturated heterocycles. The maximum Gasteiger partial charge on any atom is 0.348 e. The number of hydrogen-bond donors (Lipinski definition) is 0. The van der Waals surface area contributed by atoms with Gasteiger partial charge in [-0.05, 0) is 29.5 Å². The number of aryl methyl sites for hydroxylation is 1. The van der Waals surface area contributed by atoms with Crippen molar-refractivity contribution in [1.82, 2.24) is 0 Å². The van der Waals surface area contributed by atoms with Crippen LogP contribution in [0.1, 0.15) is 31.9 Å². The number of carbonyl (C=O) groups excluding carboxylic acids is 1. The largest absolute Gasteiger partial charge is 0.461 e. The van der Waals surface area contributed by atoms with Crippen LogP contribution in [0.5, 0.6) is 0 Å². The van der Waals surface area contributed by atoms with Gasteiger partial charge in [-0.1, -0.05) is 45.0 Å². The van der Waals surface area contributed by atoms with Gasteiger partial charge < -0.3 is 4.74 Å². The van der Waals surface area contributed by atoms with Crippen LogP contribution in [0.2, 0.25) is 0 Å². The van der Waals surface area contributed by atoms with Crippen LogP contribution in [-0.2, 0) is 16.0 Å². The quantitative estimate of drug-likeness (QED) is 0.461. The average Bonchev–Trinajstić information content (AvgIpc) is 2.42. The molecule has 3 nitrogen and oxygen atoms in total. The van der Waals surface area contributed by atoms with Crippen molar-refractivity contribution in [3.8, 4) is 6.07 Å². The number of esters is 1. The van der Waals surface area contributed by atoms with Gasteiger partial charge in [0, 0.05) is 0 Å². The molecule has 19 heavy (non-hydrogen) atoms. The molecular formula is C16H19NO2. The molecule has 0 saturated carbocycles. The van der Waals surface area contributed by atoms with Gasteiger partial charge in [0.15, 0.2) is 0 Å². The van der Waals surface area contributed by atoms with Crippen molar-refractivity contribution in [2.75, 3.05) is 6.61 Å². The maximum absolute atomic E-state index is 11.7. The fourth-order valence-electron chi connectivity index (χ4n) is 1.47. The van der Waals surface area contributed by atoms with Gasteiger partial charge in [-0.25, -0.2) is 4.79 Å². The summed E-state index contributed by atoms with van der Waals surface area (Å²) in [5, 5.41) is 9.00. The Balaban J connectivity index is 2.80. The molecule has 3 heteroatoms. The molecule has 0 atom stereocenters. The first-order valence-electron chi connectivity index (χ1n) is 6.44. The van der Waals surface area contributed by atoms with Gasteiger partial charge in [-0.15, -0.1) is 0 Å². The Morgan fingerprint density at radius 3 is 2.47 bits per heavy atom. The third kappa shape index (κ3) is 4.97. The SMILES string of the molecule is CCc1ccc(/C=C(\C#N)C(=O)OCC(C)C)cc1. The highest BCUT2D eigenvalue weighted by Gasteiger charge is 2.11. The summed E-state index contributed by atoms with van der Waals surface area (Å²) in [6, 6.07) is 9.65. The second kappa shape index (κ2) is 7.38. The minimum absolute atomic E-state index is 0.0323. The first kappa shape index (κ1) is 15.0. The minimum atomic E-state index is -0.559. The Hall–Kier alpha value is -2.08. The van der Waals surface area contributed by atoms with Gasteiger partial charge in [0.2, 0.25) is 0 Å². The Morgan fingerprint density at radius 2 is 2.00 bits per heavy atom. The summed E-state index contributed by atoms with van der Waals surface area (Å²) < 4.78 is 5.04. The van der Waals surface area contributed by atoms with E-state index in [1.165, 1.54) is 5.56 Å². The first-order chi connectivity index (χ1) is 9.06. The number of ether oxygens (including phenoxy) is 1. The van der Waals surface area contributed by atoms with Crippen molar-refractivity contribution in [2.45, 2.75) is 27.2 Å². The van der Waals surface area contributed by atoms with Crippen molar-refractivity contribution < 1.29 is 9.53 Å². The molecule has 100 valence electrons. The molecule has 0 bridgehead atoms. The Morgan fingerprint density at radius 1 is 1.37 bits per heavy atom. The first-order valence-corrected chi connectivity index (χ1v) is 6.44. The molecule has 1 aromatic rings. The monoisotopic (exact) mass is 257 g/mol. The molecule has 0 aliphatic rings. The highest BCUT2D eigenvalue weighted by molar-refractivity contribution is 5.97. The maximum atomic E-state index is 11.7. The van der Waals surface area contributed by atoms with Crippen LogP contribution in [0.15, 0.2) is 29.8 Å². The predicted molar refractivity (Wildman–Crippen MR) is 75.2 cm³/mol. The molecule has 1 rings (SSSR count). The standard InChI is InChI=1S/C16H19NO2/c1-4-13-5-7-14(8-6-13)9-15(10-17)16(18)19-11-12(2)3/h5-9,12H,4,11H2,1-3H3/b15-9+. The zero-order chi connectivity index (χ0) is 14.3. The van der Waals surface area contributed by atoms with E-state index in [-0.39, 0.29) is 11.5 Å². The number of rotatable bonds is 5. The van der Waals surface area contributed by atoms with Gasteiger partial charge in [0.05, 0.1) is 6.61 Å². The van der Waals surface area contributed by atoms with E-state index in [4.69, 9.17) is 10.00 Å². The second-order valence-corrected chi connectivity index (χ2v) is 4.76. The van der Waals surface area contributed by atoms with E-state index in [9.17, 15) is 4.79 Å². The summed E-state index contributed by atoms with van der Waals surface area (Å²) in [5.74, 6) is -0.302. The van der Waals surface area contributed by atoms with Gasteiger partial charge in [0.1, 0.15) is 11.6 Å². The lowest BCUT2D eigenvalue weighted by molar-refractivity contribution is -0.139. The Bertz CT molecular complexity index is 492. The summed E-state index contributed by atoms with van der Waals surface area (Å²) in [6.07, 6.45) is 2.52. The van der Waals surface area contributed by atoms with E-state index in [1.54, 1.807) is 6.08 Å².